The maximum atomic E-state index is 11.9. The van der Waals surface area contributed by atoms with Crippen LogP contribution < -0.4 is 5.73 Å². The number of nitrogens with one attached hydrogen (secondary N) is 1. The SMILES string of the molecule is CC(C)CS(=O)(=O)N(CC(=N)N)C(C)C. The molecule has 3 N–H and O–H groups in total. The van der Waals surface area contributed by atoms with Gasteiger partial charge in [0.1, 0.15) is 5.84 Å². The van der Waals surface area contributed by atoms with Gasteiger partial charge < -0.3 is 5.73 Å². The lowest BCUT2D eigenvalue weighted by atomic mass is 10.3. The molecule has 0 aromatic heterocycles. The molecule has 0 heterocycles. The van der Waals surface area contributed by atoms with Gasteiger partial charge in [-0.3, -0.25) is 5.41 Å². The minimum absolute atomic E-state index is 0.0211. The first kappa shape index (κ1) is 14.4. The molecule has 90 valence electrons. The number of nitrogens with zero attached hydrogens (tertiary/aromatic N) is 1. The zero-order chi connectivity index (χ0) is 12.2. The molecule has 0 aliphatic carbocycles. The van der Waals surface area contributed by atoms with Crippen molar-refractivity contribution in [2.24, 2.45) is 11.7 Å². The second-order valence-electron chi connectivity index (χ2n) is 4.34. The van der Waals surface area contributed by atoms with Crippen LogP contribution in [0.3, 0.4) is 0 Å². The van der Waals surface area contributed by atoms with Gasteiger partial charge in [-0.1, -0.05) is 13.8 Å². The van der Waals surface area contributed by atoms with Crippen LogP contribution in [0, 0.1) is 11.3 Å². The molecule has 15 heavy (non-hydrogen) atoms. The zero-order valence-electron chi connectivity index (χ0n) is 9.82. The summed E-state index contributed by atoms with van der Waals surface area (Å²) in [7, 11) is -3.30. The standard InChI is InChI=1S/C9H21N3O2S/c1-7(2)6-15(13,14)12(8(3)4)5-9(10)11/h7-8H,5-6H2,1-4H3,(H3,10,11). The Labute approximate surface area is 92.2 Å². The molecule has 0 unspecified atom stereocenters. The van der Waals surface area contributed by atoms with Crippen molar-refractivity contribution in [2.75, 3.05) is 12.3 Å². The Morgan fingerprint density at radius 1 is 1.33 bits per heavy atom. The van der Waals surface area contributed by atoms with Crippen LogP contribution in [0.4, 0.5) is 0 Å². The third-order valence-electron chi connectivity index (χ3n) is 1.80. The quantitative estimate of drug-likeness (QED) is 0.522. The molecular formula is C9H21N3O2S. The summed E-state index contributed by atoms with van der Waals surface area (Å²) in [4.78, 5) is 0. The van der Waals surface area contributed by atoms with Crippen LogP contribution in [0.15, 0.2) is 0 Å². The molecule has 5 nitrogen and oxygen atoms in total. The number of hydrogen-bond acceptors (Lipinski definition) is 3. The van der Waals surface area contributed by atoms with E-state index >= 15 is 0 Å². The summed E-state index contributed by atoms with van der Waals surface area (Å²) < 4.78 is 25.1. The van der Waals surface area contributed by atoms with Gasteiger partial charge in [0.15, 0.2) is 0 Å². The Morgan fingerprint density at radius 3 is 2.07 bits per heavy atom. The van der Waals surface area contributed by atoms with E-state index in [0.717, 1.165) is 0 Å². The van der Waals surface area contributed by atoms with E-state index in [9.17, 15) is 8.42 Å². The van der Waals surface area contributed by atoms with Gasteiger partial charge >= 0.3 is 0 Å². The molecule has 0 bridgehead atoms. The van der Waals surface area contributed by atoms with Gasteiger partial charge in [0.25, 0.3) is 0 Å². The van der Waals surface area contributed by atoms with Gasteiger partial charge in [0, 0.05) is 6.04 Å². The van der Waals surface area contributed by atoms with E-state index in [0.29, 0.717) is 0 Å². The summed E-state index contributed by atoms with van der Waals surface area (Å²) in [5.74, 6) is 0.0394. The number of sulfonamides is 1. The predicted molar refractivity (Wildman–Crippen MR) is 62.4 cm³/mol. The molecule has 0 rings (SSSR count). The molecule has 0 saturated carbocycles. The summed E-state index contributed by atoms with van der Waals surface area (Å²) in [6.07, 6.45) is 0. The Balaban J connectivity index is 4.83. The van der Waals surface area contributed by atoms with E-state index in [1.54, 1.807) is 13.8 Å². The molecule has 0 aliphatic heterocycles. The van der Waals surface area contributed by atoms with Crippen molar-refractivity contribution >= 4 is 15.9 Å². The Kier molecular flexibility index (Phi) is 5.23. The van der Waals surface area contributed by atoms with E-state index in [4.69, 9.17) is 11.1 Å². The van der Waals surface area contributed by atoms with Gasteiger partial charge in [-0.2, -0.15) is 4.31 Å². The monoisotopic (exact) mass is 235 g/mol. The number of rotatable bonds is 6. The molecule has 0 radical (unpaired) electrons. The average Bonchev–Trinajstić information content (AvgIpc) is 1.96. The average molecular weight is 235 g/mol. The van der Waals surface area contributed by atoms with Crippen molar-refractivity contribution in [3.8, 4) is 0 Å². The minimum atomic E-state index is -3.30. The highest BCUT2D eigenvalue weighted by Gasteiger charge is 2.26. The highest BCUT2D eigenvalue weighted by molar-refractivity contribution is 7.89. The fourth-order valence-electron chi connectivity index (χ4n) is 1.29. The maximum absolute atomic E-state index is 11.9. The Hall–Kier alpha value is -0.620. The molecule has 0 aromatic carbocycles. The summed E-state index contributed by atoms with van der Waals surface area (Å²) in [6, 6.07) is -0.169. The van der Waals surface area contributed by atoms with E-state index in [1.807, 2.05) is 13.8 Å². The first-order chi connectivity index (χ1) is 6.66. The van der Waals surface area contributed by atoms with E-state index in [1.165, 1.54) is 4.31 Å². The molecule has 0 atom stereocenters. The van der Waals surface area contributed by atoms with Gasteiger partial charge in [-0.25, -0.2) is 8.42 Å². The third kappa shape index (κ3) is 5.13. The second-order valence-corrected chi connectivity index (χ2v) is 6.30. The number of amidine groups is 1. The smallest absolute Gasteiger partial charge is 0.214 e. The van der Waals surface area contributed by atoms with Crippen LogP contribution in [0.5, 0.6) is 0 Å². The van der Waals surface area contributed by atoms with Gasteiger partial charge in [0.05, 0.1) is 12.3 Å². The normalized spacial score (nSPS) is 12.7. The molecule has 6 heteroatoms. The van der Waals surface area contributed by atoms with Crippen molar-refractivity contribution < 1.29 is 8.42 Å². The van der Waals surface area contributed by atoms with E-state index < -0.39 is 10.0 Å². The molecule has 0 saturated heterocycles. The van der Waals surface area contributed by atoms with Crippen LogP contribution in [0.2, 0.25) is 0 Å². The maximum Gasteiger partial charge on any atom is 0.214 e. The fourth-order valence-corrected chi connectivity index (χ4v) is 3.30. The first-order valence-corrected chi connectivity index (χ1v) is 6.60. The van der Waals surface area contributed by atoms with Crippen LogP contribution in [-0.4, -0.2) is 36.9 Å². The summed E-state index contributed by atoms with van der Waals surface area (Å²) in [5.41, 5.74) is 5.24. The summed E-state index contributed by atoms with van der Waals surface area (Å²) in [5, 5.41) is 7.15. The lowest BCUT2D eigenvalue weighted by Gasteiger charge is -2.26. The van der Waals surface area contributed by atoms with E-state index in [-0.39, 0.29) is 30.1 Å². The predicted octanol–water partition coefficient (Wildman–Crippen LogP) is 0.619. The molecule has 0 aliphatic rings. The third-order valence-corrected chi connectivity index (χ3v) is 4.16. The van der Waals surface area contributed by atoms with Crippen molar-refractivity contribution in [3.05, 3.63) is 0 Å². The highest BCUT2D eigenvalue weighted by Crippen LogP contribution is 2.10. The molecule has 0 spiro atoms. The topological polar surface area (TPSA) is 87.2 Å². The second kappa shape index (κ2) is 5.46. The number of hydrogen-bond donors (Lipinski definition) is 2. The summed E-state index contributed by atoms with van der Waals surface area (Å²) in [6.45, 7) is 7.24. The lowest BCUT2D eigenvalue weighted by molar-refractivity contribution is 0.386. The summed E-state index contributed by atoms with van der Waals surface area (Å²) >= 11 is 0. The van der Waals surface area contributed by atoms with Gasteiger partial charge in [-0.15, -0.1) is 0 Å². The van der Waals surface area contributed by atoms with Crippen molar-refractivity contribution in [1.29, 1.82) is 5.41 Å². The van der Waals surface area contributed by atoms with Gasteiger partial charge in [-0.05, 0) is 19.8 Å². The zero-order valence-corrected chi connectivity index (χ0v) is 10.6. The van der Waals surface area contributed by atoms with Crippen LogP contribution in [-0.2, 0) is 10.0 Å². The minimum Gasteiger partial charge on any atom is -0.387 e. The van der Waals surface area contributed by atoms with Crippen molar-refractivity contribution in [2.45, 2.75) is 33.7 Å². The highest BCUT2D eigenvalue weighted by atomic mass is 32.2. The molecular weight excluding hydrogens is 214 g/mol. The molecule has 0 aromatic rings. The van der Waals surface area contributed by atoms with Crippen LogP contribution in [0.25, 0.3) is 0 Å². The van der Waals surface area contributed by atoms with E-state index in [2.05, 4.69) is 0 Å². The lowest BCUT2D eigenvalue weighted by Crippen LogP contribution is -2.44. The Morgan fingerprint density at radius 2 is 1.80 bits per heavy atom. The first-order valence-electron chi connectivity index (χ1n) is 4.99. The largest absolute Gasteiger partial charge is 0.387 e. The molecule has 0 amide bonds. The fraction of sp³-hybridized carbons (Fsp3) is 0.889. The van der Waals surface area contributed by atoms with Crippen molar-refractivity contribution in [1.82, 2.24) is 4.31 Å². The van der Waals surface area contributed by atoms with Crippen LogP contribution >= 0.6 is 0 Å². The molecule has 0 fully saturated rings. The van der Waals surface area contributed by atoms with Crippen LogP contribution in [0.1, 0.15) is 27.7 Å². The van der Waals surface area contributed by atoms with Gasteiger partial charge in [0.2, 0.25) is 10.0 Å². The van der Waals surface area contributed by atoms with Crippen molar-refractivity contribution in [3.63, 3.8) is 0 Å². The Bertz CT molecular complexity index is 309. The number of nitrogens with two attached hydrogens (primary N) is 1.